The molecule has 9 heteroatoms. The molecule has 1 aromatic carbocycles. The number of benzene rings is 1. The monoisotopic (exact) mass is 433 g/mol. The number of rotatable bonds is 3. The molecule has 6 rings (SSSR count). The summed E-state index contributed by atoms with van der Waals surface area (Å²) >= 11 is 0. The van der Waals surface area contributed by atoms with Crippen molar-refractivity contribution in [3.05, 3.63) is 48.0 Å². The maximum absolute atomic E-state index is 5.98. The number of para-hydroxylation sites is 1. The number of fused-ring (bicyclic) bond motifs is 2. The number of nitrogens with zero attached hydrogens (tertiary/aromatic N) is 4. The normalized spacial score (nSPS) is 28.8. The van der Waals surface area contributed by atoms with Crippen LogP contribution in [0.5, 0.6) is 0 Å². The fourth-order valence-electron chi connectivity index (χ4n) is 5.45. The third kappa shape index (κ3) is 3.51. The maximum atomic E-state index is 5.98. The van der Waals surface area contributed by atoms with E-state index in [1.165, 1.54) is 5.69 Å². The number of nitrogens with one attached hydrogen (secondary N) is 4. The molecule has 2 aromatic heterocycles. The Labute approximate surface area is 187 Å². The molecule has 4 atom stereocenters. The number of nitrogens with two attached hydrogens (primary N) is 1. The fourth-order valence-corrected chi connectivity index (χ4v) is 5.45. The van der Waals surface area contributed by atoms with Crippen molar-refractivity contribution >= 4 is 22.4 Å². The van der Waals surface area contributed by atoms with Gasteiger partial charge in [-0.15, -0.1) is 0 Å². The number of hydrogen-bond acceptors (Lipinski definition) is 8. The van der Waals surface area contributed by atoms with Gasteiger partial charge in [-0.05, 0) is 37.2 Å². The van der Waals surface area contributed by atoms with Crippen molar-refractivity contribution in [3.8, 4) is 0 Å². The van der Waals surface area contributed by atoms with Crippen LogP contribution in [0.4, 0.5) is 11.4 Å². The zero-order chi connectivity index (χ0) is 21.7. The number of aromatic amines is 1. The zero-order valence-electron chi connectivity index (χ0n) is 18.4. The lowest BCUT2D eigenvalue weighted by molar-refractivity contribution is 0.264. The SMILES string of the molecule is CN1CCN(c2cccc3[nH]c(C4NNC5CNC(c6cncc(N)c6)CC54)nc23)CC1. The summed E-state index contributed by atoms with van der Waals surface area (Å²) in [4.78, 5) is 17.9. The van der Waals surface area contributed by atoms with Crippen LogP contribution in [0.25, 0.3) is 11.0 Å². The van der Waals surface area contributed by atoms with Gasteiger partial charge in [0.2, 0.25) is 0 Å². The van der Waals surface area contributed by atoms with E-state index >= 15 is 0 Å². The molecule has 0 amide bonds. The molecule has 6 N–H and O–H groups in total. The quantitative estimate of drug-likeness (QED) is 0.419. The summed E-state index contributed by atoms with van der Waals surface area (Å²) in [5.74, 6) is 1.42. The Morgan fingerprint density at radius 3 is 2.81 bits per heavy atom. The highest BCUT2D eigenvalue weighted by molar-refractivity contribution is 5.89. The molecule has 0 bridgehead atoms. The minimum Gasteiger partial charge on any atom is -0.397 e. The van der Waals surface area contributed by atoms with Crippen LogP contribution in [-0.4, -0.2) is 65.7 Å². The molecule has 32 heavy (non-hydrogen) atoms. The summed E-state index contributed by atoms with van der Waals surface area (Å²) in [6.07, 6.45) is 4.61. The number of likely N-dealkylation sites (N-methyl/N-ethyl adjacent to an activating group) is 1. The van der Waals surface area contributed by atoms with Gasteiger partial charge in [0.05, 0.1) is 22.9 Å². The molecule has 0 radical (unpaired) electrons. The number of hydrogen-bond donors (Lipinski definition) is 5. The molecular formula is C23H31N9. The van der Waals surface area contributed by atoms with E-state index in [-0.39, 0.29) is 12.1 Å². The van der Waals surface area contributed by atoms with Gasteiger partial charge in [0.25, 0.3) is 0 Å². The topological polar surface area (TPSA) is 110 Å². The molecule has 3 fully saturated rings. The van der Waals surface area contributed by atoms with Crippen LogP contribution in [0, 0.1) is 5.92 Å². The van der Waals surface area contributed by atoms with E-state index in [2.05, 4.69) is 61.2 Å². The molecule has 9 nitrogen and oxygen atoms in total. The summed E-state index contributed by atoms with van der Waals surface area (Å²) in [5, 5.41) is 3.65. The van der Waals surface area contributed by atoms with Crippen molar-refractivity contribution in [1.82, 2.24) is 36.0 Å². The van der Waals surface area contributed by atoms with E-state index in [0.717, 1.165) is 61.6 Å². The highest BCUT2D eigenvalue weighted by Gasteiger charge is 2.42. The van der Waals surface area contributed by atoms with E-state index in [9.17, 15) is 0 Å². The van der Waals surface area contributed by atoms with Crippen molar-refractivity contribution < 1.29 is 0 Å². The Morgan fingerprint density at radius 1 is 1.09 bits per heavy atom. The average Bonchev–Trinajstić information content (AvgIpc) is 3.43. The van der Waals surface area contributed by atoms with Crippen LogP contribution in [0.15, 0.2) is 36.7 Å². The Kier molecular flexibility index (Phi) is 4.98. The predicted molar refractivity (Wildman–Crippen MR) is 126 cm³/mol. The Bertz CT molecular complexity index is 1100. The van der Waals surface area contributed by atoms with Crippen molar-refractivity contribution in [2.75, 3.05) is 50.4 Å². The molecule has 3 aliphatic heterocycles. The van der Waals surface area contributed by atoms with Crippen LogP contribution in [-0.2, 0) is 0 Å². The first-order valence-electron chi connectivity index (χ1n) is 11.5. The Morgan fingerprint density at radius 2 is 1.97 bits per heavy atom. The fraction of sp³-hybridized carbons (Fsp3) is 0.478. The van der Waals surface area contributed by atoms with Gasteiger partial charge in [0, 0.05) is 63.1 Å². The van der Waals surface area contributed by atoms with Crippen LogP contribution in [0.3, 0.4) is 0 Å². The molecule has 3 aliphatic rings. The van der Waals surface area contributed by atoms with Gasteiger partial charge in [0.15, 0.2) is 0 Å². The van der Waals surface area contributed by atoms with Gasteiger partial charge in [0.1, 0.15) is 11.3 Å². The number of hydrazine groups is 1. The number of pyridine rings is 1. The van der Waals surface area contributed by atoms with E-state index in [0.29, 0.717) is 17.6 Å². The van der Waals surface area contributed by atoms with Crippen LogP contribution >= 0.6 is 0 Å². The lowest BCUT2D eigenvalue weighted by Crippen LogP contribution is -2.46. The van der Waals surface area contributed by atoms with Gasteiger partial charge in [-0.3, -0.25) is 10.4 Å². The zero-order valence-corrected chi connectivity index (χ0v) is 18.4. The van der Waals surface area contributed by atoms with Gasteiger partial charge >= 0.3 is 0 Å². The van der Waals surface area contributed by atoms with E-state index < -0.39 is 0 Å². The largest absolute Gasteiger partial charge is 0.397 e. The van der Waals surface area contributed by atoms with Gasteiger partial charge in [-0.1, -0.05) is 6.07 Å². The van der Waals surface area contributed by atoms with Gasteiger partial charge in [-0.25, -0.2) is 10.4 Å². The first kappa shape index (κ1) is 19.9. The third-order valence-corrected chi connectivity index (χ3v) is 7.29. The third-order valence-electron chi connectivity index (χ3n) is 7.29. The van der Waals surface area contributed by atoms with Crippen LogP contribution in [0.1, 0.15) is 29.9 Å². The summed E-state index contributed by atoms with van der Waals surface area (Å²) < 4.78 is 0. The van der Waals surface area contributed by atoms with E-state index in [1.807, 2.05) is 12.3 Å². The number of anilines is 2. The lowest BCUT2D eigenvalue weighted by Gasteiger charge is -2.34. The van der Waals surface area contributed by atoms with Crippen molar-refractivity contribution in [2.24, 2.45) is 5.92 Å². The summed E-state index contributed by atoms with van der Waals surface area (Å²) in [6.45, 7) is 5.12. The second-order valence-electron chi connectivity index (χ2n) is 9.37. The molecule has 3 saturated heterocycles. The number of imidazole rings is 1. The second kappa shape index (κ2) is 8.00. The first-order chi connectivity index (χ1) is 15.7. The molecule has 3 aromatic rings. The molecule has 5 heterocycles. The standard InChI is InChI=1S/C23H31N9/c1-31-5-7-32(8-6-31)20-4-2-3-17-22(20)28-23(27-17)21-16-10-18(26-13-19(16)29-30-21)14-9-15(24)12-25-11-14/h2-4,9,11-12,16,18-19,21,26,29-30H,5-8,10,13,24H2,1H3,(H,27,28). The molecule has 168 valence electrons. The summed E-state index contributed by atoms with van der Waals surface area (Å²) in [6, 6.07) is 9.22. The molecule has 0 spiro atoms. The lowest BCUT2D eigenvalue weighted by atomic mass is 9.82. The number of H-pyrrole nitrogens is 1. The molecule has 4 unspecified atom stereocenters. The highest BCUT2D eigenvalue weighted by atomic mass is 15.4. The molecular weight excluding hydrogens is 402 g/mol. The molecule has 0 saturated carbocycles. The Balaban J connectivity index is 1.27. The number of aromatic nitrogens is 3. The highest BCUT2D eigenvalue weighted by Crippen LogP contribution is 2.39. The first-order valence-corrected chi connectivity index (χ1v) is 11.5. The molecule has 0 aliphatic carbocycles. The van der Waals surface area contributed by atoms with Crippen molar-refractivity contribution in [3.63, 3.8) is 0 Å². The van der Waals surface area contributed by atoms with Crippen molar-refractivity contribution in [1.29, 1.82) is 0 Å². The average molecular weight is 434 g/mol. The van der Waals surface area contributed by atoms with Crippen LogP contribution in [0.2, 0.25) is 0 Å². The minimum atomic E-state index is 0.131. The number of piperidine rings is 1. The minimum absolute atomic E-state index is 0.131. The van der Waals surface area contributed by atoms with Crippen molar-refractivity contribution in [2.45, 2.75) is 24.5 Å². The number of nitrogen functional groups attached to an aromatic ring is 1. The van der Waals surface area contributed by atoms with E-state index in [4.69, 9.17) is 10.7 Å². The summed E-state index contributed by atoms with van der Waals surface area (Å²) in [7, 11) is 2.19. The van der Waals surface area contributed by atoms with Gasteiger partial charge in [-0.2, -0.15) is 0 Å². The number of piperazine rings is 1. The van der Waals surface area contributed by atoms with Crippen LogP contribution < -0.4 is 26.8 Å². The smallest absolute Gasteiger partial charge is 0.126 e. The predicted octanol–water partition coefficient (Wildman–Crippen LogP) is 1.16. The summed E-state index contributed by atoms with van der Waals surface area (Å²) in [5.41, 5.74) is 18.3. The van der Waals surface area contributed by atoms with E-state index in [1.54, 1.807) is 6.20 Å². The van der Waals surface area contributed by atoms with Gasteiger partial charge < -0.3 is 25.8 Å². The maximum Gasteiger partial charge on any atom is 0.126 e. The Hall–Kier alpha value is -2.72. The second-order valence-corrected chi connectivity index (χ2v) is 9.37.